The Morgan fingerprint density at radius 2 is 1.78 bits per heavy atom. The zero-order valence-corrected chi connectivity index (χ0v) is 12.3. The molecule has 0 radical (unpaired) electrons. The second-order valence-electron chi connectivity index (χ2n) is 5.07. The van der Waals surface area contributed by atoms with Crippen molar-refractivity contribution in [3.05, 3.63) is 34.3 Å². The van der Waals surface area contributed by atoms with E-state index in [0.717, 1.165) is 29.0 Å². The maximum absolute atomic E-state index is 10.2. The fourth-order valence-electron chi connectivity index (χ4n) is 2.29. The van der Waals surface area contributed by atoms with E-state index in [1.165, 1.54) is 32.1 Å². The third-order valence-corrected chi connectivity index (χ3v) is 3.66. The fourth-order valence-corrected chi connectivity index (χ4v) is 2.51. The van der Waals surface area contributed by atoms with Gasteiger partial charge < -0.3 is 5.11 Å². The molecule has 0 spiro atoms. The Hall–Kier alpha value is -0.530. The van der Waals surface area contributed by atoms with Gasteiger partial charge >= 0.3 is 0 Å². The Morgan fingerprint density at radius 3 is 2.44 bits per heavy atom. The van der Waals surface area contributed by atoms with Crippen molar-refractivity contribution in [3.63, 3.8) is 0 Å². The molecule has 0 aliphatic heterocycles. The van der Waals surface area contributed by atoms with Crippen molar-refractivity contribution in [3.8, 4) is 0 Å². The summed E-state index contributed by atoms with van der Waals surface area (Å²) in [5.74, 6) is 0. The lowest BCUT2D eigenvalue weighted by atomic mass is 9.98. The van der Waals surface area contributed by atoms with E-state index < -0.39 is 0 Å². The van der Waals surface area contributed by atoms with Crippen LogP contribution < -0.4 is 0 Å². The highest BCUT2D eigenvalue weighted by atomic mass is 35.5. The lowest BCUT2D eigenvalue weighted by Gasteiger charge is -2.13. The van der Waals surface area contributed by atoms with Crippen LogP contribution in [-0.2, 0) is 0 Å². The zero-order chi connectivity index (χ0) is 13.4. The Labute approximate surface area is 116 Å². The van der Waals surface area contributed by atoms with E-state index in [0.29, 0.717) is 0 Å². The summed E-state index contributed by atoms with van der Waals surface area (Å²) in [5.41, 5.74) is 2.11. The van der Waals surface area contributed by atoms with Gasteiger partial charge in [-0.2, -0.15) is 0 Å². The molecule has 18 heavy (non-hydrogen) atoms. The van der Waals surface area contributed by atoms with Gasteiger partial charge in [0.1, 0.15) is 0 Å². The first kappa shape index (κ1) is 15.5. The lowest BCUT2D eigenvalue weighted by molar-refractivity contribution is 0.162. The van der Waals surface area contributed by atoms with Gasteiger partial charge in [0, 0.05) is 5.02 Å². The zero-order valence-electron chi connectivity index (χ0n) is 11.6. The standard InChI is InChI=1S/C16H25ClO/c1-3-4-5-6-7-8-9-16(18)15-11-10-14(17)12-13(15)2/h10-12,16,18H,3-9H2,1-2H3. The van der Waals surface area contributed by atoms with Gasteiger partial charge in [0.2, 0.25) is 0 Å². The van der Waals surface area contributed by atoms with E-state index in [1.807, 2.05) is 25.1 Å². The van der Waals surface area contributed by atoms with Crippen molar-refractivity contribution in [2.75, 3.05) is 0 Å². The van der Waals surface area contributed by atoms with E-state index in [-0.39, 0.29) is 6.10 Å². The van der Waals surface area contributed by atoms with Gasteiger partial charge in [-0.3, -0.25) is 0 Å². The molecule has 0 fully saturated rings. The molecule has 1 rings (SSSR count). The first-order chi connectivity index (χ1) is 8.65. The van der Waals surface area contributed by atoms with Crippen LogP contribution in [0.2, 0.25) is 5.02 Å². The minimum absolute atomic E-state index is 0.339. The van der Waals surface area contributed by atoms with Crippen LogP contribution in [0.1, 0.15) is 69.1 Å². The van der Waals surface area contributed by atoms with Gasteiger partial charge in [-0.25, -0.2) is 0 Å². The van der Waals surface area contributed by atoms with Crippen LogP contribution in [0.5, 0.6) is 0 Å². The number of hydrogen-bond acceptors (Lipinski definition) is 1. The van der Waals surface area contributed by atoms with Crippen LogP contribution in [0.4, 0.5) is 0 Å². The maximum atomic E-state index is 10.2. The summed E-state index contributed by atoms with van der Waals surface area (Å²) in [6, 6.07) is 5.72. The SMILES string of the molecule is CCCCCCCCC(O)c1ccc(Cl)cc1C. The number of aliphatic hydroxyl groups excluding tert-OH is 1. The smallest absolute Gasteiger partial charge is 0.0792 e. The molecule has 0 saturated carbocycles. The topological polar surface area (TPSA) is 20.2 Å². The Bertz CT molecular complexity index is 349. The van der Waals surface area contributed by atoms with Crippen molar-refractivity contribution in [1.82, 2.24) is 0 Å². The molecule has 1 aromatic rings. The molecule has 0 amide bonds. The highest BCUT2D eigenvalue weighted by Gasteiger charge is 2.10. The average molecular weight is 269 g/mol. The number of halogens is 1. The number of benzene rings is 1. The summed E-state index contributed by atoms with van der Waals surface area (Å²) < 4.78 is 0. The summed E-state index contributed by atoms with van der Waals surface area (Å²) >= 11 is 5.92. The third kappa shape index (κ3) is 5.41. The molecule has 2 heteroatoms. The molecule has 0 aromatic heterocycles. The summed E-state index contributed by atoms with van der Waals surface area (Å²) in [4.78, 5) is 0. The van der Waals surface area contributed by atoms with Crippen LogP contribution in [0.3, 0.4) is 0 Å². The van der Waals surface area contributed by atoms with Gasteiger partial charge in [-0.05, 0) is 36.6 Å². The molecule has 102 valence electrons. The van der Waals surface area contributed by atoms with Gasteiger partial charge in [0.15, 0.2) is 0 Å². The molecule has 0 aliphatic rings. The van der Waals surface area contributed by atoms with Gasteiger partial charge in [-0.15, -0.1) is 0 Å². The van der Waals surface area contributed by atoms with E-state index in [1.54, 1.807) is 0 Å². The average Bonchev–Trinajstić information content (AvgIpc) is 2.33. The van der Waals surface area contributed by atoms with Crippen molar-refractivity contribution in [1.29, 1.82) is 0 Å². The van der Waals surface area contributed by atoms with Gasteiger partial charge in [0.25, 0.3) is 0 Å². The number of unbranched alkanes of at least 4 members (excludes halogenated alkanes) is 5. The Balaban J connectivity index is 2.29. The summed E-state index contributed by atoms with van der Waals surface area (Å²) in [6.07, 6.45) is 8.08. The van der Waals surface area contributed by atoms with Crippen LogP contribution in [0, 0.1) is 6.92 Å². The van der Waals surface area contributed by atoms with Crippen molar-refractivity contribution in [2.24, 2.45) is 0 Å². The molecule has 1 N–H and O–H groups in total. The van der Waals surface area contributed by atoms with Crippen LogP contribution >= 0.6 is 11.6 Å². The molecule has 0 bridgehead atoms. The summed E-state index contributed by atoms with van der Waals surface area (Å²) in [7, 11) is 0. The number of aryl methyl sites for hydroxylation is 1. The Kier molecular flexibility index (Phi) is 7.38. The first-order valence-electron chi connectivity index (χ1n) is 7.09. The number of rotatable bonds is 8. The highest BCUT2D eigenvalue weighted by molar-refractivity contribution is 6.30. The minimum atomic E-state index is -0.339. The van der Waals surface area contributed by atoms with Crippen LogP contribution in [0.15, 0.2) is 18.2 Å². The predicted octanol–water partition coefficient (Wildman–Crippen LogP) is 5.43. The molecule has 1 unspecified atom stereocenters. The molecular formula is C16H25ClO. The minimum Gasteiger partial charge on any atom is -0.388 e. The summed E-state index contributed by atoms with van der Waals surface area (Å²) in [6.45, 7) is 4.23. The second kappa shape index (κ2) is 8.55. The van der Waals surface area contributed by atoms with Gasteiger partial charge in [0.05, 0.1) is 6.10 Å². The van der Waals surface area contributed by atoms with Crippen LogP contribution in [-0.4, -0.2) is 5.11 Å². The molecule has 1 atom stereocenters. The summed E-state index contributed by atoms with van der Waals surface area (Å²) in [5, 5.41) is 10.9. The van der Waals surface area contributed by atoms with E-state index in [2.05, 4.69) is 6.92 Å². The molecule has 1 nitrogen and oxygen atoms in total. The monoisotopic (exact) mass is 268 g/mol. The van der Waals surface area contributed by atoms with E-state index in [4.69, 9.17) is 11.6 Å². The van der Waals surface area contributed by atoms with E-state index in [9.17, 15) is 5.11 Å². The molecule has 0 saturated heterocycles. The molecule has 0 aliphatic carbocycles. The number of hydrogen-bond donors (Lipinski definition) is 1. The Morgan fingerprint density at radius 1 is 1.11 bits per heavy atom. The maximum Gasteiger partial charge on any atom is 0.0792 e. The number of aliphatic hydroxyl groups is 1. The quantitative estimate of drug-likeness (QED) is 0.623. The second-order valence-corrected chi connectivity index (χ2v) is 5.51. The third-order valence-electron chi connectivity index (χ3n) is 3.42. The van der Waals surface area contributed by atoms with Crippen molar-refractivity contribution < 1.29 is 5.11 Å². The van der Waals surface area contributed by atoms with Gasteiger partial charge in [-0.1, -0.05) is 63.1 Å². The molecular weight excluding hydrogens is 244 g/mol. The normalized spacial score (nSPS) is 12.7. The largest absolute Gasteiger partial charge is 0.388 e. The highest BCUT2D eigenvalue weighted by Crippen LogP contribution is 2.25. The van der Waals surface area contributed by atoms with Crippen LogP contribution in [0.25, 0.3) is 0 Å². The van der Waals surface area contributed by atoms with Crippen molar-refractivity contribution in [2.45, 2.75) is 64.9 Å². The molecule has 0 heterocycles. The molecule has 1 aromatic carbocycles. The predicted molar refractivity (Wildman–Crippen MR) is 79.1 cm³/mol. The van der Waals surface area contributed by atoms with E-state index >= 15 is 0 Å². The first-order valence-corrected chi connectivity index (χ1v) is 7.47. The van der Waals surface area contributed by atoms with Crippen molar-refractivity contribution >= 4 is 11.6 Å². The fraction of sp³-hybridized carbons (Fsp3) is 0.625. The lowest BCUT2D eigenvalue weighted by Crippen LogP contribution is -2.00.